The predicted octanol–water partition coefficient (Wildman–Crippen LogP) is 3.48. The van der Waals surface area contributed by atoms with E-state index in [0.29, 0.717) is 5.84 Å². The topological polar surface area (TPSA) is 41.6 Å². The van der Waals surface area contributed by atoms with Crippen LogP contribution in [-0.2, 0) is 0 Å². The minimum atomic E-state index is 0.607. The van der Waals surface area contributed by atoms with Gasteiger partial charge >= 0.3 is 0 Å². The number of benzene rings is 1. The summed E-state index contributed by atoms with van der Waals surface area (Å²) in [4.78, 5) is 6.42. The van der Waals surface area contributed by atoms with Crippen molar-refractivity contribution in [2.24, 2.45) is 10.7 Å². The van der Waals surface area contributed by atoms with Gasteiger partial charge in [-0.25, -0.2) is 0 Å². The van der Waals surface area contributed by atoms with Crippen molar-refractivity contribution in [2.45, 2.75) is 20.3 Å². The molecule has 1 aromatic carbocycles. The SMILES string of the molecule is C/C=C(/C=C/c1ccc(N(C)C)cc1)C(\N)=N/CCC. The maximum absolute atomic E-state index is 5.97. The van der Waals surface area contributed by atoms with Crippen LogP contribution in [0.15, 0.2) is 47.0 Å². The van der Waals surface area contributed by atoms with Gasteiger partial charge in [-0.1, -0.05) is 37.3 Å². The number of aliphatic imine (C=N–C) groups is 1. The zero-order valence-corrected chi connectivity index (χ0v) is 12.9. The maximum atomic E-state index is 5.97. The van der Waals surface area contributed by atoms with E-state index >= 15 is 0 Å². The molecule has 0 aliphatic rings. The first-order chi connectivity index (χ1) is 9.58. The van der Waals surface area contributed by atoms with Crippen LogP contribution in [0.2, 0.25) is 0 Å². The van der Waals surface area contributed by atoms with Crippen LogP contribution in [0.25, 0.3) is 6.08 Å². The van der Waals surface area contributed by atoms with Crippen molar-refractivity contribution in [3.05, 3.63) is 47.6 Å². The summed E-state index contributed by atoms with van der Waals surface area (Å²) in [5.41, 5.74) is 9.28. The highest BCUT2D eigenvalue weighted by molar-refractivity contribution is 6.00. The summed E-state index contributed by atoms with van der Waals surface area (Å²) < 4.78 is 0. The summed E-state index contributed by atoms with van der Waals surface area (Å²) in [5, 5.41) is 0. The number of nitrogens with zero attached hydrogens (tertiary/aromatic N) is 2. The average molecular weight is 271 g/mol. The van der Waals surface area contributed by atoms with E-state index in [9.17, 15) is 0 Å². The molecule has 0 aliphatic heterocycles. The number of hydrogen-bond acceptors (Lipinski definition) is 2. The molecule has 0 aromatic heterocycles. The monoisotopic (exact) mass is 271 g/mol. The van der Waals surface area contributed by atoms with E-state index in [2.05, 4.69) is 47.2 Å². The molecule has 20 heavy (non-hydrogen) atoms. The van der Waals surface area contributed by atoms with Crippen LogP contribution in [0, 0.1) is 0 Å². The van der Waals surface area contributed by atoms with Crippen molar-refractivity contribution in [3.63, 3.8) is 0 Å². The van der Waals surface area contributed by atoms with Gasteiger partial charge in [-0.3, -0.25) is 4.99 Å². The summed E-state index contributed by atoms with van der Waals surface area (Å²) >= 11 is 0. The van der Waals surface area contributed by atoms with Crippen molar-refractivity contribution in [1.82, 2.24) is 0 Å². The molecular formula is C17H25N3. The van der Waals surface area contributed by atoms with Gasteiger partial charge in [-0.2, -0.15) is 0 Å². The molecule has 0 amide bonds. The van der Waals surface area contributed by atoms with Gasteiger partial charge in [0.25, 0.3) is 0 Å². The van der Waals surface area contributed by atoms with E-state index < -0.39 is 0 Å². The molecule has 0 bridgehead atoms. The van der Waals surface area contributed by atoms with E-state index in [0.717, 1.165) is 24.1 Å². The number of hydrogen-bond donors (Lipinski definition) is 1. The molecular weight excluding hydrogens is 246 g/mol. The lowest BCUT2D eigenvalue weighted by molar-refractivity contribution is 0.930. The number of nitrogens with two attached hydrogens (primary N) is 1. The average Bonchev–Trinajstić information content (AvgIpc) is 2.46. The summed E-state index contributed by atoms with van der Waals surface area (Å²) in [6.45, 7) is 4.84. The van der Waals surface area contributed by atoms with Gasteiger partial charge in [0.2, 0.25) is 0 Å². The second-order valence-electron chi connectivity index (χ2n) is 4.83. The minimum Gasteiger partial charge on any atom is -0.384 e. The predicted molar refractivity (Wildman–Crippen MR) is 90.3 cm³/mol. The zero-order chi connectivity index (χ0) is 15.0. The number of allylic oxidation sites excluding steroid dienone is 1. The lowest BCUT2D eigenvalue weighted by Crippen LogP contribution is -2.14. The van der Waals surface area contributed by atoms with Crippen molar-refractivity contribution in [1.29, 1.82) is 0 Å². The highest BCUT2D eigenvalue weighted by atomic mass is 15.1. The van der Waals surface area contributed by atoms with Crippen molar-refractivity contribution in [2.75, 3.05) is 25.5 Å². The molecule has 0 unspecified atom stereocenters. The van der Waals surface area contributed by atoms with Crippen LogP contribution >= 0.6 is 0 Å². The van der Waals surface area contributed by atoms with Crippen LogP contribution in [-0.4, -0.2) is 26.5 Å². The third-order valence-electron chi connectivity index (χ3n) is 2.98. The lowest BCUT2D eigenvalue weighted by atomic mass is 10.1. The molecule has 0 atom stereocenters. The molecule has 108 valence electrons. The van der Waals surface area contributed by atoms with E-state index in [1.165, 1.54) is 5.69 Å². The fraction of sp³-hybridized carbons (Fsp3) is 0.353. The molecule has 1 rings (SSSR count). The molecule has 0 spiro atoms. The minimum absolute atomic E-state index is 0.607. The Morgan fingerprint density at radius 3 is 2.40 bits per heavy atom. The highest BCUT2D eigenvalue weighted by Crippen LogP contribution is 2.14. The number of amidine groups is 1. The Labute approximate surface area is 122 Å². The first-order valence-corrected chi connectivity index (χ1v) is 7.00. The van der Waals surface area contributed by atoms with Crippen LogP contribution < -0.4 is 10.6 Å². The van der Waals surface area contributed by atoms with E-state index in [4.69, 9.17) is 5.73 Å². The first-order valence-electron chi connectivity index (χ1n) is 7.00. The normalized spacial score (nSPS) is 13.0. The Hall–Kier alpha value is -2.03. The fourth-order valence-corrected chi connectivity index (χ4v) is 1.72. The standard InChI is InChI=1S/C17H25N3/c1-5-13-19-17(18)15(6-2)10-7-14-8-11-16(12-9-14)20(3)4/h6-12H,5,13H2,1-4H3,(H2,18,19)/b10-7+,15-6-. The Bertz CT molecular complexity index is 493. The smallest absolute Gasteiger partial charge is 0.125 e. The van der Waals surface area contributed by atoms with Crippen LogP contribution in [0.4, 0.5) is 5.69 Å². The van der Waals surface area contributed by atoms with Crippen LogP contribution in [0.3, 0.4) is 0 Å². The van der Waals surface area contributed by atoms with Gasteiger partial charge in [0.1, 0.15) is 5.84 Å². The quantitative estimate of drug-likeness (QED) is 0.489. The van der Waals surface area contributed by atoms with Gasteiger partial charge in [0.05, 0.1) is 0 Å². The molecule has 1 aromatic rings. The molecule has 0 heterocycles. The van der Waals surface area contributed by atoms with Crippen molar-refractivity contribution < 1.29 is 0 Å². The summed E-state index contributed by atoms with van der Waals surface area (Å²) in [6.07, 6.45) is 7.06. The molecule has 3 heteroatoms. The summed E-state index contributed by atoms with van der Waals surface area (Å²) in [5.74, 6) is 0.607. The Morgan fingerprint density at radius 1 is 1.25 bits per heavy atom. The van der Waals surface area contributed by atoms with Crippen LogP contribution in [0.1, 0.15) is 25.8 Å². The summed E-state index contributed by atoms with van der Waals surface area (Å²) in [7, 11) is 4.07. The van der Waals surface area contributed by atoms with E-state index in [1.54, 1.807) is 0 Å². The van der Waals surface area contributed by atoms with Gasteiger partial charge < -0.3 is 10.6 Å². The fourth-order valence-electron chi connectivity index (χ4n) is 1.72. The van der Waals surface area contributed by atoms with E-state index in [1.807, 2.05) is 33.2 Å². The third-order valence-corrected chi connectivity index (χ3v) is 2.98. The molecule has 0 saturated carbocycles. The molecule has 0 radical (unpaired) electrons. The summed E-state index contributed by atoms with van der Waals surface area (Å²) in [6, 6.07) is 8.39. The Kier molecular flexibility index (Phi) is 6.57. The molecule has 3 nitrogen and oxygen atoms in total. The molecule has 2 N–H and O–H groups in total. The molecule has 0 fully saturated rings. The highest BCUT2D eigenvalue weighted by Gasteiger charge is 1.97. The van der Waals surface area contributed by atoms with Gasteiger partial charge in [0, 0.05) is 31.9 Å². The Morgan fingerprint density at radius 2 is 1.90 bits per heavy atom. The van der Waals surface area contributed by atoms with Crippen molar-refractivity contribution >= 4 is 17.6 Å². The van der Waals surface area contributed by atoms with Gasteiger partial charge in [-0.15, -0.1) is 0 Å². The second kappa shape index (κ2) is 8.20. The van der Waals surface area contributed by atoms with Crippen LogP contribution in [0.5, 0.6) is 0 Å². The molecule has 0 aliphatic carbocycles. The largest absolute Gasteiger partial charge is 0.384 e. The van der Waals surface area contributed by atoms with E-state index in [-0.39, 0.29) is 0 Å². The zero-order valence-electron chi connectivity index (χ0n) is 12.9. The number of rotatable bonds is 6. The Balaban J connectivity index is 2.79. The van der Waals surface area contributed by atoms with Crippen molar-refractivity contribution in [3.8, 4) is 0 Å². The first kappa shape index (κ1) is 16.0. The van der Waals surface area contributed by atoms with Gasteiger partial charge in [-0.05, 0) is 31.0 Å². The second-order valence-corrected chi connectivity index (χ2v) is 4.83. The third kappa shape index (κ3) is 4.92. The lowest BCUT2D eigenvalue weighted by Gasteiger charge is -2.11. The number of anilines is 1. The van der Waals surface area contributed by atoms with Gasteiger partial charge in [0.15, 0.2) is 0 Å². The molecule has 0 saturated heterocycles. The maximum Gasteiger partial charge on any atom is 0.125 e.